The maximum Gasteiger partial charge on any atom is 0.350 e. The first-order chi connectivity index (χ1) is 18.7. The third-order valence-corrected chi connectivity index (χ3v) is 6.93. The normalized spacial score (nSPS) is 13.0. The molecule has 2 N–H and O–H groups in total. The summed E-state index contributed by atoms with van der Waals surface area (Å²) in [6.45, 7) is 3.56. The minimum Gasteiger partial charge on any atom is -0.497 e. The summed E-state index contributed by atoms with van der Waals surface area (Å²) in [5, 5.41) is 5.41. The zero-order chi connectivity index (χ0) is 28.3. The van der Waals surface area contributed by atoms with Crippen molar-refractivity contribution in [2.45, 2.75) is 13.8 Å². The Morgan fingerprint density at radius 1 is 1.08 bits per heavy atom. The van der Waals surface area contributed by atoms with Crippen LogP contribution in [0.25, 0.3) is 0 Å². The highest BCUT2D eigenvalue weighted by molar-refractivity contribution is 7.17. The van der Waals surface area contributed by atoms with Crippen molar-refractivity contribution in [2.24, 2.45) is 0 Å². The fourth-order valence-electron chi connectivity index (χ4n) is 3.69. The molecule has 13 heteroatoms. The summed E-state index contributed by atoms with van der Waals surface area (Å²) in [4.78, 5) is 56.5. The van der Waals surface area contributed by atoms with E-state index in [9.17, 15) is 19.2 Å². The van der Waals surface area contributed by atoms with E-state index in [-0.39, 0.29) is 39.5 Å². The first-order valence-corrected chi connectivity index (χ1v) is 12.7. The van der Waals surface area contributed by atoms with Crippen LogP contribution in [0.4, 0.5) is 16.5 Å². The van der Waals surface area contributed by atoms with Crippen molar-refractivity contribution in [3.05, 3.63) is 69.3 Å². The second-order valence-electron chi connectivity index (χ2n) is 7.99. The lowest BCUT2D eigenvalue weighted by atomic mass is 10.2. The van der Waals surface area contributed by atoms with E-state index in [4.69, 9.17) is 25.8 Å². The zero-order valence-electron chi connectivity index (χ0n) is 21.3. The average molecular weight is 571 g/mol. The molecule has 0 fully saturated rings. The smallest absolute Gasteiger partial charge is 0.350 e. The van der Waals surface area contributed by atoms with Crippen molar-refractivity contribution in [1.29, 1.82) is 0 Å². The number of halogens is 1. The van der Waals surface area contributed by atoms with E-state index < -0.39 is 23.7 Å². The molecule has 0 saturated heterocycles. The summed E-state index contributed by atoms with van der Waals surface area (Å²) in [5.41, 5.74) is 1.04. The SMILES string of the molecule is CCOC(=O)c1sc(NC(=O)c2cccc(NC3=C(Cl)C(=O)N(c4ccc(OC)cc4OC)C3=O)c2)nc1C. The number of hydrogen-bond donors (Lipinski definition) is 2. The number of thiazole rings is 1. The molecule has 0 bridgehead atoms. The molecule has 0 spiro atoms. The van der Waals surface area contributed by atoms with Crippen molar-refractivity contribution >= 4 is 63.1 Å². The number of aromatic nitrogens is 1. The topological polar surface area (TPSA) is 136 Å². The van der Waals surface area contributed by atoms with E-state index in [1.54, 1.807) is 38.1 Å². The molecule has 2 aromatic carbocycles. The van der Waals surface area contributed by atoms with Gasteiger partial charge in [-0.3, -0.25) is 19.7 Å². The molecular weight excluding hydrogens is 548 g/mol. The number of hydrogen-bond acceptors (Lipinski definition) is 10. The molecule has 11 nitrogen and oxygen atoms in total. The molecule has 3 amide bonds. The van der Waals surface area contributed by atoms with Crippen LogP contribution < -0.4 is 25.0 Å². The van der Waals surface area contributed by atoms with Gasteiger partial charge in [0.25, 0.3) is 17.7 Å². The van der Waals surface area contributed by atoms with E-state index in [0.717, 1.165) is 16.2 Å². The van der Waals surface area contributed by atoms with E-state index in [1.165, 1.54) is 32.4 Å². The summed E-state index contributed by atoms with van der Waals surface area (Å²) in [7, 11) is 2.88. The maximum atomic E-state index is 13.2. The number of carbonyl (C=O) groups excluding carboxylic acids is 4. The Kier molecular flexibility index (Phi) is 8.17. The average Bonchev–Trinajstić information content (AvgIpc) is 3.40. The summed E-state index contributed by atoms with van der Waals surface area (Å²) < 4.78 is 15.5. The first kappa shape index (κ1) is 27.6. The third-order valence-electron chi connectivity index (χ3n) is 5.53. The van der Waals surface area contributed by atoms with Crippen LogP contribution in [0.15, 0.2) is 53.2 Å². The molecule has 0 atom stereocenters. The predicted molar refractivity (Wildman–Crippen MR) is 146 cm³/mol. The Labute approximate surface area is 232 Å². The summed E-state index contributed by atoms with van der Waals surface area (Å²) >= 11 is 7.26. The van der Waals surface area contributed by atoms with E-state index >= 15 is 0 Å². The van der Waals surface area contributed by atoms with E-state index in [2.05, 4.69) is 15.6 Å². The highest BCUT2D eigenvalue weighted by Gasteiger charge is 2.40. The van der Waals surface area contributed by atoms with Gasteiger partial charge in [0, 0.05) is 17.3 Å². The number of aryl methyl sites for hydroxylation is 1. The number of benzene rings is 2. The largest absolute Gasteiger partial charge is 0.497 e. The van der Waals surface area contributed by atoms with Crippen molar-refractivity contribution in [3.63, 3.8) is 0 Å². The van der Waals surface area contributed by atoms with Gasteiger partial charge in [0.2, 0.25) is 0 Å². The van der Waals surface area contributed by atoms with Crippen LogP contribution in [0.1, 0.15) is 32.6 Å². The van der Waals surface area contributed by atoms with Gasteiger partial charge in [0.1, 0.15) is 27.1 Å². The van der Waals surface area contributed by atoms with Crippen LogP contribution >= 0.6 is 22.9 Å². The minimum absolute atomic E-state index is 0.160. The lowest BCUT2D eigenvalue weighted by Gasteiger charge is -2.18. The molecule has 0 unspecified atom stereocenters. The van der Waals surface area contributed by atoms with Gasteiger partial charge in [0.15, 0.2) is 5.13 Å². The Bertz CT molecular complexity index is 1520. The van der Waals surface area contributed by atoms with Crippen molar-refractivity contribution in [2.75, 3.05) is 36.4 Å². The highest BCUT2D eigenvalue weighted by atomic mass is 35.5. The number of anilines is 3. The fraction of sp³-hybridized carbons (Fsp3) is 0.192. The maximum absolute atomic E-state index is 13.2. The predicted octanol–water partition coefficient (Wildman–Crippen LogP) is 4.33. The molecule has 39 heavy (non-hydrogen) atoms. The van der Waals surface area contributed by atoms with Crippen LogP contribution in [0, 0.1) is 6.92 Å². The van der Waals surface area contributed by atoms with Gasteiger partial charge >= 0.3 is 5.97 Å². The molecule has 0 aliphatic carbocycles. The van der Waals surface area contributed by atoms with Crippen LogP contribution in [-0.4, -0.2) is 49.5 Å². The Morgan fingerprint density at radius 2 is 1.85 bits per heavy atom. The van der Waals surface area contributed by atoms with Gasteiger partial charge in [0.05, 0.1) is 32.2 Å². The Hall–Kier alpha value is -4.42. The molecule has 1 aromatic heterocycles. The number of nitrogens with zero attached hydrogens (tertiary/aromatic N) is 2. The van der Waals surface area contributed by atoms with Gasteiger partial charge in [-0.05, 0) is 44.2 Å². The quantitative estimate of drug-likeness (QED) is 0.284. The molecule has 4 rings (SSSR count). The molecule has 0 saturated carbocycles. The van der Waals surface area contributed by atoms with Gasteiger partial charge < -0.3 is 19.5 Å². The van der Waals surface area contributed by atoms with Crippen molar-refractivity contribution < 1.29 is 33.4 Å². The van der Waals surface area contributed by atoms with E-state index in [0.29, 0.717) is 22.0 Å². The molecule has 1 aliphatic heterocycles. The number of rotatable bonds is 9. The lowest BCUT2D eigenvalue weighted by Crippen LogP contribution is -2.32. The fourth-order valence-corrected chi connectivity index (χ4v) is 4.76. The minimum atomic E-state index is -0.738. The van der Waals surface area contributed by atoms with Crippen LogP contribution in [0.5, 0.6) is 11.5 Å². The number of esters is 1. The first-order valence-electron chi connectivity index (χ1n) is 11.5. The van der Waals surface area contributed by atoms with Crippen LogP contribution in [-0.2, 0) is 14.3 Å². The molecule has 2 heterocycles. The Balaban J connectivity index is 1.53. The van der Waals surface area contributed by atoms with Crippen LogP contribution in [0.3, 0.4) is 0 Å². The lowest BCUT2D eigenvalue weighted by molar-refractivity contribution is -0.120. The number of imide groups is 1. The number of methoxy groups -OCH3 is 2. The van der Waals surface area contributed by atoms with Gasteiger partial charge in [-0.15, -0.1) is 0 Å². The van der Waals surface area contributed by atoms with Gasteiger partial charge in [-0.25, -0.2) is 14.7 Å². The molecule has 1 aliphatic rings. The Morgan fingerprint density at radius 3 is 2.54 bits per heavy atom. The molecule has 3 aromatic rings. The van der Waals surface area contributed by atoms with Crippen molar-refractivity contribution in [1.82, 2.24) is 4.98 Å². The molecular formula is C26H23ClN4O7S. The number of ether oxygens (including phenoxy) is 3. The third kappa shape index (κ3) is 5.56. The molecule has 0 radical (unpaired) electrons. The number of carbonyl (C=O) groups is 4. The number of amides is 3. The number of nitrogens with one attached hydrogen (secondary N) is 2. The molecule has 202 valence electrons. The summed E-state index contributed by atoms with van der Waals surface area (Å²) in [5.74, 6) is -1.73. The summed E-state index contributed by atoms with van der Waals surface area (Å²) in [6, 6.07) is 10.9. The summed E-state index contributed by atoms with van der Waals surface area (Å²) in [6.07, 6.45) is 0. The monoisotopic (exact) mass is 570 g/mol. The van der Waals surface area contributed by atoms with Crippen LogP contribution in [0.2, 0.25) is 0 Å². The van der Waals surface area contributed by atoms with Gasteiger partial charge in [-0.1, -0.05) is 29.0 Å². The second kappa shape index (κ2) is 11.5. The zero-order valence-corrected chi connectivity index (χ0v) is 22.9. The standard InChI is InChI=1S/C26H23ClN4O7S/c1-5-38-25(35)21-13(2)28-26(39-21)30-22(32)14-7-6-8-15(11-14)29-20-19(27)23(33)31(24(20)34)17-10-9-16(36-3)12-18(17)37-4/h6-12,29H,5H2,1-4H3,(H,28,30,32). The highest BCUT2D eigenvalue weighted by Crippen LogP contribution is 2.37. The van der Waals surface area contributed by atoms with Crippen molar-refractivity contribution in [3.8, 4) is 11.5 Å². The van der Waals surface area contributed by atoms with Gasteiger partial charge in [-0.2, -0.15) is 0 Å². The second-order valence-corrected chi connectivity index (χ2v) is 9.36. The van der Waals surface area contributed by atoms with E-state index in [1.807, 2.05) is 0 Å².